The van der Waals surface area contributed by atoms with Gasteiger partial charge in [0.25, 0.3) is 11.1 Å². The number of benzene rings is 1. The minimum Gasteiger partial charge on any atom is -0.462 e. The number of nitrogens with one attached hydrogen (secondary N) is 1. The Morgan fingerprint density at radius 1 is 1.15 bits per heavy atom. The van der Waals surface area contributed by atoms with E-state index >= 15 is 0 Å². The highest BCUT2D eigenvalue weighted by molar-refractivity contribution is 7.17. The first-order valence-electron chi connectivity index (χ1n) is 9.46. The molecule has 0 saturated heterocycles. The van der Waals surface area contributed by atoms with Crippen molar-refractivity contribution in [3.8, 4) is 22.1 Å². The van der Waals surface area contributed by atoms with E-state index in [1.807, 2.05) is 0 Å². The molecule has 1 amide bonds. The third-order valence-electron chi connectivity index (χ3n) is 4.29. The van der Waals surface area contributed by atoms with Crippen LogP contribution in [0.2, 0.25) is 5.02 Å². The summed E-state index contributed by atoms with van der Waals surface area (Å²) in [5, 5.41) is 11.0. The molecule has 0 aliphatic rings. The third kappa shape index (κ3) is 5.58. The van der Waals surface area contributed by atoms with Crippen LogP contribution in [-0.4, -0.2) is 32.7 Å². The van der Waals surface area contributed by atoms with Gasteiger partial charge < -0.3 is 9.47 Å². The molecule has 0 atom stereocenters. The number of pyridine rings is 2. The lowest BCUT2D eigenvalue weighted by Gasteiger charge is -2.14. The molecule has 1 aromatic carbocycles. The van der Waals surface area contributed by atoms with Gasteiger partial charge in [0, 0.05) is 24.2 Å². The molecule has 4 aromatic rings. The van der Waals surface area contributed by atoms with Crippen LogP contribution < -0.4 is 14.8 Å². The minimum atomic E-state index is -3.18. The van der Waals surface area contributed by atoms with Gasteiger partial charge in [-0.2, -0.15) is 8.78 Å². The van der Waals surface area contributed by atoms with Crippen molar-refractivity contribution in [2.45, 2.75) is 13.2 Å². The molecule has 1 N–H and O–H groups in total. The fourth-order valence-corrected chi connectivity index (χ4v) is 3.56. The molecule has 4 rings (SSSR count). The van der Waals surface area contributed by atoms with Crippen molar-refractivity contribution < 1.29 is 27.4 Å². The van der Waals surface area contributed by atoms with E-state index in [4.69, 9.17) is 16.3 Å². The second kappa shape index (κ2) is 10.4. The molecule has 34 heavy (non-hydrogen) atoms. The number of anilines is 1. The summed E-state index contributed by atoms with van der Waals surface area (Å²) in [5.74, 6) is -1.98. The number of amides is 1. The van der Waals surface area contributed by atoms with E-state index in [0.717, 1.165) is 17.4 Å². The minimum absolute atomic E-state index is 0.0384. The first kappa shape index (κ1) is 23.4. The highest BCUT2D eigenvalue weighted by atomic mass is 35.5. The van der Waals surface area contributed by atoms with E-state index in [1.165, 1.54) is 36.8 Å². The van der Waals surface area contributed by atoms with Gasteiger partial charge in [-0.3, -0.25) is 20.1 Å². The Balaban J connectivity index is 1.52. The number of carbonyl (C=O) groups excluding carboxylic acids is 1. The van der Waals surface area contributed by atoms with Gasteiger partial charge in [0.2, 0.25) is 5.13 Å². The van der Waals surface area contributed by atoms with Crippen LogP contribution >= 0.6 is 22.9 Å². The number of alkyl halides is 2. The van der Waals surface area contributed by atoms with Crippen LogP contribution in [0.5, 0.6) is 10.9 Å². The summed E-state index contributed by atoms with van der Waals surface area (Å²) in [7, 11) is 0. The van der Waals surface area contributed by atoms with Gasteiger partial charge in [0.15, 0.2) is 0 Å². The molecule has 0 aliphatic carbocycles. The molecule has 0 aliphatic heterocycles. The zero-order valence-electron chi connectivity index (χ0n) is 16.9. The smallest absolute Gasteiger partial charge is 0.387 e. The number of nitrogens with zero attached hydrogens (tertiary/aromatic N) is 4. The lowest BCUT2D eigenvalue weighted by atomic mass is 10.00. The number of hydrogen-bond donors (Lipinski definition) is 1. The highest BCUT2D eigenvalue weighted by Gasteiger charge is 2.22. The Hall–Kier alpha value is -3.77. The normalized spacial score (nSPS) is 10.9. The summed E-state index contributed by atoms with van der Waals surface area (Å²) < 4.78 is 50.1. The van der Waals surface area contributed by atoms with Crippen molar-refractivity contribution in [1.29, 1.82) is 0 Å². The topological polar surface area (TPSA) is 99.1 Å². The molecule has 8 nitrogen and oxygen atoms in total. The van der Waals surface area contributed by atoms with Crippen LogP contribution in [-0.2, 0) is 6.61 Å². The second-order valence-corrected chi connectivity index (χ2v) is 7.87. The highest BCUT2D eigenvalue weighted by Crippen LogP contribution is 2.35. The van der Waals surface area contributed by atoms with Crippen molar-refractivity contribution in [2.75, 3.05) is 5.32 Å². The van der Waals surface area contributed by atoms with Crippen molar-refractivity contribution in [3.63, 3.8) is 0 Å². The zero-order chi connectivity index (χ0) is 24.1. The van der Waals surface area contributed by atoms with Crippen LogP contribution in [0.15, 0.2) is 55.0 Å². The molecular weight excluding hydrogens is 495 g/mol. The van der Waals surface area contributed by atoms with E-state index in [9.17, 15) is 18.0 Å². The van der Waals surface area contributed by atoms with Crippen molar-refractivity contribution >= 4 is 34.0 Å². The second-order valence-electron chi connectivity index (χ2n) is 6.50. The maximum absolute atomic E-state index is 14.6. The van der Waals surface area contributed by atoms with Crippen molar-refractivity contribution in [1.82, 2.24) is 20.2 Å². The summed E-state index contributed by atoms with van der Waals surface area (Å²) in [6.45, 7) is -3.08. The summed E-state index contributed by atoms with van der Waals surface area (Å²) >= 11 is 6.74. The molecule has 0 radical (unpaired) electrons. The number of carbonyl (C=O) groups is 1. The predicted molar refractivity (Wildman–Crippen MR) is 118 cm³/mol. The fourth-order valence-electron chi connectivity index (χ4n) is 2.86. The summed E-state index contributed by atoms with van der Waals surface area (Å²) in [6, 6.07) is 8.11. The molecule has 0 fully saturated rings. The molecule has 13 heteroatoms. The van der Waals surface area contributed by atoms with E-state index in [1.54, 1.807) is 12.1 Å². The molecule has 3 heterocycles. The van der Waals surface area contributed by atoms with Crippen LogP contribution in [0.3, 0.4) is 0 Å². The maximum atomic E-state index is 14.6. The van der Waals surface area contributed by atoms with Gasteiger partial charge in [-0.25, -0.2) is 4.39 Å². The molecule has 0 unspecified atom stereocenters. The lowest BCUT2D eigenvalue weighted by Crippen LogP contribution is -2.14. The number of halogens is 4. The molecule has 0 spiro atoms. The van der Waals surface area contributed by atoms with E-state index in [2.05, 4.69) is 30.2 Å². The van der Waals surface area contributed by atoms with Crippen LogP contribution in [0, 0.1) is 5.82 Å². The SMILES string of the molecule is O=C(Nc1nnc(OCc2ccc(Cl)cn2)s1)c1ccncc1-c1c(F)cccc1OC(F)F. The summed E-state index contributed by atoms with van der Waals surface area (Å²) in [5.41, 5.74) is 0.210. The first-order chi connectivity index (χ1) is 16.4. The first-order valence-corrected chi connectivity index (χ1v) is 10.7. The van der Waals surface area contributed by atoms with Crippen LogP contribution in [0.1, 0.15) is 16.1 Å². The standard InChI is InChI=1S/C21H13ClF3N5O3S/c22-11-4-5-12(27-8-11)10-32-21-30-29-20(34-21)28-18(31)13-6-7-26-9-14(13)17-15(23)2-1-3-16(17)33-19(24)25/h1-9,19H,10H2,(H,28,29,31). The molecular formula is C21H13ClF3N5O3S. The number of aromatic nitrogens is 4. The van der Waals surface area contributed by atoms with Gasteiger partial charge in [-0.15, -0.1) is 5.10 Å². The zero-order valence-corrected chi connectivity index (χ0v) is 18.5. The Bertz CT molecular complexity index is 1310. The lowest BCUT2D eigenvalue weighted by molar-refractivity contribution is -0.0495. The van der Waals surface area contributed by atoms with E-state index in [-0.39, 0.29) is 33.6 Å². The van der Waals surface area contributed by atoms with E-state index < -0.39 is 24.1 Å². The van der Waals surface area contributed by atoms with Gasteiger partial charge in [0.1, 0.15) is 18.2 Å². The summed E-state index contributed by atoms with van der Waals surface area (Å²) in [4.78, 5) is 20.9. The van der Waals surface area contributed by atoms with Crippen LogP contribution in [0.25, 0.3) is 11.1 Å². The molecule has 3 aromatic heterocycles. The molecule has 0 saturated carbocycles. The molecule has 174 valence electrons. The fraction of sp³-hybridized carbons (Fsp3) is 0.0952. The van der Waals surface area contributed by atoms with Crippen molar-refractivity contribution in [3.05, 3.63) is 77.1 Å². The van der Waals surface area contributed by atoms with Gasteiger partial charge in [0.05, 0.1) is 21.8 Å². The Morgan fingerprint density at radius 2 is 2.00 bits per heavy atom. The van der Waals surface area contributed by atoms with Gasteiger partial charge >= 0.3 is 6.61 Å². The van der Waals surface area contributed by atoms with Crippen molar-refractivity contribution in [2.24, 2.45) is 0 Å². The Kier molecular flexibility index (Phi) is 7.18. The number of hydrogen-bond acceptors (Lipinski definition) is 8. The molecule has 0 bridgehead atoms. The Labute approximate surface area is 199 Å². The summed E-state index contributed by atoms with van der Waals surface area (Å²) in [6.07, 6.45) is 3.96. The third-order valence-corrected chi connectivity index (χ3v) is 5.26. The largest absolute Gasteiger partial charge is 0.462 e. The van der Waals surface area contributed by atoms with Gasteiger partial charge in [-0.1, -0.05) is 22.8 Å². The van der Waals surface area contributed by atoms with Gasteiger partial charge in [-0.05, 0) is 41.7 Å². The number of ether oxygens (including phenoxy) is 2. The average Bonchev–Trinajstić information content (AvgIpc) is 3.26. The predicted octanol–water partition coefficient (Wildman–Crippen LogP) is 5.22. The maximum Gasteiger partial charge on any atom is 0.387 e. The monoisotopic (exact) mass is 507 g/mol. The number of rotatable bonds is 8. The van der Waals surface area contributed by atoms with Crippen LogP contribution in [0.4, 0.5) is 18.3 Å². The van der Waals surface area contributed by atoms with E-state index in [0.29, 0.717) is 10.7 Å². The average molecular weight is 508 g/mol. The quantitative estimate of drug-likeness (QED) is 0.349. The Morgan fingerprint density at radius 3 is 2.76 bits per heavy atom.